The molecule has 0 aromatic carbocycles. The molecule has 4 rings (SSSR count). The topological polar surface area (TPSA) is 83.8 Å². The Kier molecular flexibility index (Phi) is 3.83. The van der Waals surface area contributed by atoms with Gasteiger partial charge < -0.3 is 9.84 Å². The van der Waals surface area contributed by atoms with Gasteiger partial charge in [0, 0.05) is 6.61 Å². The lowest BCUT2D eigenvalue weighted by Gasteiger charge is -2.61. The quantitative estimate of drug-likeness (QED) is 0.723. The van der Waals surface area contributed by atoms with E-state index in [2.05, 4.69) is 0 Å². The fourth-order valence-electron chi connectivity index (χ4n) is 5.46. The number of hydrogen-bond acceptors (Lipinski definition) is 4. The first-order valence-corrected chi connectivity index (χ1v) is 9.06. The van der Waals surface area contributed by atoms with Gasteiger partial charge in [-0.15, -0.1) is 0 Å². The summed E-state index contributed by atoms with van der Waals surface area (Å²) >= 11 is 0. The van der Waals surface area contributed by atoms with Crippen molar-refractivity contribution in [1.82, 2.24) is 0 Å². The molecule has 0 aliphatic heterocycles. The molecule has 0 spiro atoms. The number of ether oxygens (including phenoxy) is 1. The predicted octanol–water partition coefficient (Wildman–Crippen LogP) is 2.06. The highest BCUT2D eigenvalue weighted by atomic mass is 32.2. The van der Waals surface area contributed by atoms with Crippen molar-refractivity contribution in [1.29, 1.82) is 0 Å². The fraction of sp³-hybridized carbons (Fsp3) is 1.00. The summed E-state index contributed by atoms with van der Waals surface area (Å²) in [4.78, 5) is 0. The molecule has 22 heavy (non-hydrogen) atoms. The van der Waals surface area contributed by atoms with Gasteiger partial charge in [-0.25, -0.2) is 0 Å². The lowest BCUT2D eigenvalue weighted by atomic mass is 9.44. The zero-order chi connectivity index (χ0) is 16.2. The van der Waals surface area contributed by atoms with Crippen LogP contribution in [-0.2, 0) is 14.9 Å². The third-order valence-corrected chi connectivity index (χ3v) is 6.57. The molecule has 2 atom stereocenters. The summed E-state index contributed by atoms with van der Waals surface area (Å²) in [6, 6.07) is 0. The molecule has 4 fully saturated rings. The van der Waals surface area contributed by atoms with Crippen LogP contribution in [0, 0.1) is 22.7 Å². The van der Waals surface area contributed by atoms with E-state index in [0.29, 0.717) is 11.8 Å². The number of aliphatic hydroxyl groups is 1. The number of hydrogen-bond donors (Lipinski definition) is 2. The Morgan fingerprint density at radius 1 is 1.14 bits per heavy atom. The average molecular weight is 340 g/mol. The standard InChI is InChI=1S/C14H22F2O5S/c15-14(16,22(18,19)20)9-21-8-13-4-10-1-11(5-13)3-12(2-10,6-13)7-17/h10-11,17H,1-9H2,(H,18,19,20). The van der Waals surface area contributed by atoms with Crippen molar-refractivity contribution in [3.8, 4) is 0 Å². The van der Waals surface area contributed by atoms with Crippen LogP contribution in [-0.4, -0.2) is 43.2 Å². The van der Waals surface area contributed by atoms with Gasteiger partial charge in [0.2, 0.25) is 0 Å². The predicted molar refractivity (Wildman–Crippen MR) is 73.9 cm³/mol. The summed E-state index contributed by atoms with van der Waals surface area (Å²) in [6.45, 7) is -1.15. The Balaban J connectivity index is 1.66. The molecule has 0 radical (unpaired) electrons. The van der Waals surface area contributed by atoms with E-state index in [4.69, 9.17) is 9.29 Å². The highest BCUT2D eigenvalue weighted by molar-refractivity contribution is 7.86. The second-order valence-corrected chi connectivity index (χ2v) is 9.27. The fourth-order valence-corrected chi connectivity index (χ4v) is 5.70. The van der Waals surface area contributed by atoms with Crippen LogP contribution < -0.4 is 0 Å². The van der Waals surface area contributed by atoms with Crippen molar-refractivity contribution in [2.75, 3.05) is 19.8 Å². The summed E-state index contributed by atoms with van der Waals surface area (Å²) in [6.07, 6.45) is 5.64. The van der Waals surface area contributed by atoms with Crippen LogP contribution in [0.15, 0.2) is 0 Å². The van der Waals surface area contributed by atoms with Crippen LogP contribution in [0.25, 0.3) is 0 Å². The Morgan fingerprint density at radius 2 is 1.68 bits per heavy atom. The molecule has 0 amide bonds. The van der Waals surface area contributed by atoms with Crippen LogP contribution in [0.3, 0.4) is 0 Å². The van der Waals surface area contributed by atoms with Gasteiger partial charge in [-0.05, 0) is 61.2 Å². The summed E-state index contributed by atoms with van der Waals surface area (Å²) in [5, 5.41) is 5.46. The van der Waals surface area contributed by atoms with Crippen LogP contribution in [0.5, 0.6) is 0 Å². The van der Waals surface area contributed by atoms with Gasteiger partial charge in [-0.2, -0.15) is 17.2 Å². The normalized spacial score (nSPS) is 41.1. The molecule has 0 heterocycles. The van der Waals surface area contributed by atoms with E-state index >= 15 is 0 Å². The molecule has 8 heteroatoms. The lowest BCUT2D eigenvalue weighted by Crippen LogP contribution is -2.55. The molecule has 5 nitrogen and oxygen atoms in total. The van der Waals surface area contributed by atoms with Gasteiger partial charge in [0.25, 0.3) is 0 Å². The maximum Gasteiger partial charge on any atom is 0.392 e. The van der Waals surface area contributed by atoms with E-state index in [1.165, 1.54) is 0 Å². The van der Waals surface area contributed by atoms with Crippen LogP contribution in [0.2, 0.25) is 0 Å². The van der Waals surface area contributed by atoms with Crippen molar-refractivity contribution >= 4 is 10.1 Å². The van der Waals surface area contributed by atoms with Crippen molar-refractivity contribution in [3.63, 3.8) is 0 Å². The van der Waals surface area contributed by atoms with Gasteiger partial charge in [0.15, 0.2) is 0 Å². The number of aliphatic hydroxyl groups excluding tert-OH is 1. The maximum absolute atomic E-state index is 13.2. The van der Waals surface area contributed by atoms with E-state index in [9.17, 15) is 22.3 Å². The Bertz CT molecular complexity index is 533. The highest BCUT2D eigenvalue weighted by Crippen LogP contribution is 2.65. The molecular weight excluding hydrogens is 318 g/mol. The molecule has 128 valence electrons. The number of rotatable bonds is 6. The highest BCUT2D eigenvalue weighted by Gasteiger charge is 2.57. The zero-order valence-corrected chi connectivity index (χ0v) is 13.1. The van der Waals surface area contributed by atoms with Gasteiger partial charge in [-0.1, -0.05) is 0 Å². The molecule has 4 aliphatic rings. The Labute approximate surface area is 128 Å². The number of halogens is 2. The molecule has 2 N–H and O–H groups in total. The van der Waals surface area contributed by atoms with E-state index in [-0.39, 0.29) is 24.0 Å². The maximum atomic E-state index is 13.2. The summed E-state index contributed by atoms with van der Waals surface area (Å²) in [7, 11) is -5.45. The Hall–Kier alpha value is -0.310. The number of alkyl halides is 2. The van der Waals surface area contributed by atoms with Crippen molar-refractivity contribution in [2.45, 2.75) is 43.8 Å². The van der Waals surface area contributed by atoms with Gasteiger partial charge in [-0.3, -0.25) is 4.55 Å². The first-order valence-electron chi connectivity index (χ1n) is 7.62. The summed E-state index contributed by atoms with van der Waals surface area (Å²) in [5.74, 6) is 0.998. The SMILES string of the molecule is O=S(=O)(O)C(F)(F)COCC12CC3CC(CC(CO)(C3)C1)C2. The molecule has 0 saturated heterocycles. The first-order chi connectivity index (χ1) is 10.1. The van der Waals surface area contributed by atoms with Crippen molar-refractivity contribution < 1.29 is 31.6 Å². The minimum atomic E-state index is -5.45. The summed E-state index contributed by atoms with van der Waals surface area (Å²) in [5.41, 5.74) is -0.346. The van der Waals surface area contributed by atoms with Gasteiger partial charge in [0.05, 0.1) is 6.61 Å². The monoisotopic (exact) mass is 340 g/mol. The van der Waals surface area contributed by atoms with Crippen molar-refractivity contribution in [3.05, 3.63) is 0 Å². The molecule has 0 aromatic rings. The van der Waals surface area contributed by atoms with Gasteiger partial charge >= 0.3 is 15.4 Å². The van der Waals surface area contributed by atoms with E-state index in [0.717, 1.165) is 38.5 Å². The largest absolute Gasteiger partial charge is 0.396 e. The van der Waals surface area contributed by atoms with E-state index in [1.807, 2.05) is 0 Å². The zero-order valence-electron chi connectivity index (χ0n) is 12.3. The third-order valence-electron chi connectivity index (χ3n) is 5.69. The third kappa shape index (κ3) is 2.79. The summed E-state index contributed by atoms with van der Waals surface area (Å²) < 4.78 is 61.2. The molecular formula is C14H22F2O5S. The second kappa shape index (κ2) is 5.09. The average Bonchev–Trinajstić information content (AvgIpc) is 2.35. The van der Waals surface area contributed by atoms with Crippen LogP contribution in [0.4, 0.5) is 8.78 Å². The van der Waals surface area contributed by atoms with Crippen LogP contribution >= 0.6 is 0 Å². The van der Waals surface area contributed by atoms with Gasteiger partial charge in [0.1, 0.15) is 6.61 Å². The minimum absolute atomic E-state index is 0.0624. The molecule has 4 bridgehead atoms. The molecule has 2 unspecified atom stereocenters. The van der Waals surface area contributed by atoms with Crippen LogP contribution in [0.1, 0.15) is 38.5 Å². The van der Waals surface area contributed by atoms with E-state index < -0.39 is 22.0 Å². The molecule has 0 aromatic heterocycles. The Morgan fingerprint density at radius 3 is 2.18 bits per heavy atom. The minimum Gasteiger partial charge on any atom is -0.396 e. The molecule has 4 saturated carbocycles. The van der Waals surface area contributed by atoms with Crippen molar-refractivity contribution in [2.24, 2.45) is 22.7 Å². The smallest absolute Gasteiger partial charge is 0.392 e. The lowest BCUT2D eigenvalue weighted by molar-refractivity contribution is -0.161. The molecule has 4 aliphatic carbocycles. The second-order valence-electron chi connectivity index (χ2n) is 7.72. The first kappa shape index (κ1) is 16.5. The van der Waals surface area contributed by atoms with E-state index in [1.54, 1.807) is 0 Å².